The van der Waals surface area contributed by atoms with Gasteiger partial charge in [-0.25, -0.2) is 4.98 Å². The normalized spacial score (nSPS) is 10.4. The maximum atomic E-state index is 12.3. The van der Waals surface area contributed by atoms with Gasteiger partial charge in [0.2, 0.25) is 5.56 Å². The quantitative estimate of drug-likeness (QED) is 0.778. The molecule has 2 aromatic heterocycles. The van der Waals surface area contributed by atoms with Crippen LogP contribution in [0.2, 0.25) is 0 Å². The minimum Gasteiger partial charge on any atom is -0.329 e. The van der Waals surface area contributed by atoms with Gasteiger partial charge in [0, 0.05) is 23.5 Å². The summed E-state index contributed by atoms with van der Waals surface area (Å²) in [5.41, 5.74) is 3.96. The number of hydrogen-bond donors (Lipinski definition) is 2. The van der Waals surface area contributed by atoms with E-state index in [1.807, 2.05) is 50.2 Å². The molecule has 1 amide bonds. The van der Waals surface area contributed by atoms with Crippen LogP contribution in [0.25, 0.3) is 11.1 Å². The molecule has 0 aliphatic rings. The number of aromatic nitrogens is 2. The summed E-state index contributed by atoms with van der Waals surface area (Å²) in [5.74, 6) is 0.0955. The predicted octanol–water partition coefficient (Wildman–Crippen LogP) is 3.31. The van der Waals surface area contributed by atoms with Gasteiger partial charge in [0.05, 0.1) is 0 Å². The molecule has 2 heterocycles. The summed E-state index contributed by atoms with van der Waals surface area (Å²) in [7, 11) is 0. The molecule has 0 atom stereocenters. The van der Waals surface area contributed by atoms with Crippen LogP contribution in [0.15, 0.2) is 59.5 Å². The van der Waals surface area contributed by atoms with Gasteiger partial charge in [0.1, 0.15) is 5.82 Å². The number of hydrogen-bond acceptors (Lipinski definition) is 3. The Hall–Kier alpha value is -3.21. The molecule has 0 radical (unpaired) electrons. The first-order chi connectivity index (χ1) is 11.5. The summed E-state index contributed by atoms with van der Waals surface area (Å²) >= 11 is 0. The van der Waals surface area contributed by atoms with E-state index in [4.69, 9.17) is 0 Å². The zero-order valence-electron chi connectivity index (χ0n) is 13.5. The number of pyridine rings is 2. The van der Waals surface area contributed by atoms with Gasteiger partial charge in [0.15, 0.2) is 0 Å². The van der Waals surface area contributed by atoms with Crippen LogP contribution in [0.5, 0.6) is 0 Å². The van der Waals surface area contributed by atoms with Gasteiger partial charge in [-0.2, -0.15) is 0 Å². The summed E-state index contributed by atoms with van der Waals surface area (Å²) in [6, 6.07) is 14.6. The molecule has 0 spiro atoms. The summed E-state index contributed by atoms with van der Waals surface area (Å²) in [6.07, 6.45) is 1.44. The maximum Gasteiger partial charge on any atom is 0.257 e. The first kappa shape index (κ1) is 15.7. The number of anilines is 1. The molecule has 3 rings (SSSR count). The lowest BCUT2D eigenvalue weighted by atomic mass is 10.0. The van der Waals surface area contributed by atoms with Gasteiger partial charge in [0.25, 0.3) is 5.91 Å². The van der Waals surface area contributed by atoms with Crippen LogP contribution in [0.3, 0.4) is 0 Å². The Morgan fingerprint density at radius 1 is 1.08 bits per heavy atom. The molecular formula is C19H17N3O2. The molecule has 5 heteroatoms. The first-order valence-corrected chi connectivity index (χ1v) is 7.58. The number of benzene rings is 1. The number of carbonyl (C=O) groups is 1. The molecule has 5 nitrogen and oxygen atoms in total. The van der Waals surface area contributed by atoms with E-state index in [0.29, 0.717) is 11.4 Å². The molecule has 0 fully saturated rings. The van der Waals surface area contributed by atoms with Gasteiger partial charge in [-0.05, 0) is 42.7 Å². The number of aryl methyl sites for hydroxylation is 1. The van der Waals surface area contributed by atoms with Gasteiger partial charge >= 0.3 is 0 Å². The van der Waals surface area contributed by atoms with E-state index in [9.17, 15) is 9.59 Å². The Morgan fingerprint density at radius 2 is 1.83 bits per heavy atom. The number of rotatable bonds is 3. The van der Waals surface area contributed by atoms with Crippen molar-refractivity contribution in [1.82, 2.24) is 9.97 Å². The van der Waals surface area contributed by atoms with E-state index in [-0.39, 0.29) is 11.5 Å². The highest BCUT2D eigenvalue weighted by Crippen LogP contribution is 2.27. The van der Waals surface area contributed by atoms with Crippen LogP contribution < -0.4 is 10.9 Å². The summed E-state index contributed by atoms with van der Waals surface area (Å²) in [6.45, 7) is 3.91. The molecule has 3 aromatic rings. The Balaban J connectivity index is 1.96. The van der Waals surface area contributed by atoms with Crippen LogP contribution in [0.1, 0.15) is 21.6 Å². The number of aromatic amines is 1. The fourth-order valence-electron chi connectivity index (χ4n) is 2.49. The van der Waals surface area contributed by atoms with E-state index in [1.165, 1.54) is 12.3 Å². The third kappa shape index (κ3) is 3.25. The highest BCUT2D eigenvalue weighted by Gasteiger charge is 2.12. The summed E-state index contributed by atoms with van der Waals surface area (Å²) in [5, 5.41) is 2.76. The standard InChI is InChI=1S/C19H17N3O2/c1-12-13(2)21-17(11-16(12)14-6-4-3-5-7-14)22-19(24)15-8-9-20-18(23)10-15/h3-11H,1-2H3,(H,20,23)(H,21,22,24). The smallest absolute Gasteiger partial charge is 0.257 e. The highest BCUT2D eigenvalue weighted by molar-refractivity contribution is 6.03. The zero-order chi connectivity index (χ0) is 17.1. The molecular weight excluding hydrogens is 302 g/mol. The van der Waals surface area contributed by atoms with Crippen molar-refractivity contribution < 1.29 is 4.79 Å². The van der Waals surface area contributed by atoms with Crippen LogP contribution in [0.4, 0.5) is 5.82 Å². The lowest BCUT2D eigenvalue weighted by Crippen LogP contribution is -2.16. The Bertz CT molecular complexity index is 946. The number of carbonyl (C=O) groups excluding carboxylic acids is 1. The third-order valence-corrected chi connectivity index (χ3v) is 3.88. The van der Waals surface area contributed by atoms with Crippen molar-refractivity contribution in [3.8, 4) is 11.1 Å². The van der Waals surface area contributed by atoms with Crippen LogP contribution in [-0.4, -0.2) is 15.9 Å². The number of amides is 1. The van der Waals surface area contributed by atoms with Crippen LogP contribution in [-0.2, 0) is 0 Å². The molecule has 0 saturated carbocycles. The van der Waals surface area contributed by atoms with Gasteiger partial charge in [-0.15, -0.1) is 0 Å². The largest absolute Gasteiger partial charge is 0.329 e. The van der Waals surface area contributed by atoms with Crippen LogP contribution >= 0.6 is 0 Å². The molecule has 0 saturated heterocycles. The Labute approximate surface area is 139 Å². The second-order valence-electron chi connectivity index (χ2n) is 5.53. The van der Waals surface area contributed by atoms with Gasteiger partial charge in [-0.3, -0.25) is 9.59 Å². The van der Waals surface area contributed by atoms with Crippen molar-refractivity contribution >= 4 is 11.7 Å². The van der Waals surface area contributed by atoms with Crippen molar-refractivity contribution in [3.63, 3.8) is 0 Å². The van der Waals surface area contributed by atoms with E-state index in [0.717, 1.165) is 22.4 Å². The molecule has 0 aliphatic heterocycles. The zero-order valence-corrected chi connectivity index (χ0v) is 13.5. The minimum absolute atomic E-state index is 0.292. The van der Waals surface area contributed by atoms with Crippen molar-refractivity contribution in [2.24, 2.45) is 0 Å². The maximum absolute atomic E-state index is 12.3. The molecule has 120 valence electrons. The average molecular weight is 319 g/mol. The predicted molar refractivity (Wildman–Crippen MR) is 94.2 cm³/mol. The molecule has 2 N–H and O–H groups in total. The first-order valence-electron chi connectivity index (χ1n) is 7.58. The lowest BCUT2D eigenvalue weighted by molar-refractivity contribution is 0.102. The molecule has 1 aromatic carbocycles. The second-order valence-corrected chi connectivity index (χ2v) is 5.53. The third-order valence-electron chi connectivity index (χ3n) is 3.88. The van der Waals surface area contributed by atoms with E-state index >= 15 is 0 Å². The SMILES string of the molecule is Cc1nc(NC(=O)c2cc[nH]c(=O)c2)cc(-c2ccccc2)c1C. The van der Waals surface area contributed by atoms with Gasteiger partial charge in [-0.1, -0.05) is 30.3 Å². The number of nitrogens with zero attached hydrogens (tertiary/aromatic N) is 1. The van der Waals surface area contributed by atoms with Crippen molar-refractivity contribution in [2.45, 2.75) is 13.8 Å². The van der Waals surface area contributed by atoms with Crippen molar-refractivity contribution in [1.29, 1.82) is 0 Å². The Kier molecular flexibility index (Phi) is 4.24. The molecule has 0 aliphatic carbocycles. The summed E-state index contributed by atoms with van der Waals surface area (Å²) < 4.78 is 0. The minimum atomic E-state index is -0.365. The Morgan fingerprint density at radius 3 is 2.54 bits per heavy atom. The number of nitrogens with one attached hydrogen (secondary N) is 2. The van der Waals surface area contributed by atoms with E-state index in [1.54, 1.807) is 6.07 Å². The van der Waals surface area contributed by atoms with Crippen LogP contribution in [0, 0.1) is 13.8 Å². The summed E-state index contributed by atoms with van der Waals surface area (Å²) in [4.78, 5) is 30.6. The van der Waals surface area contributed by atoms with Crippen molar-refractivity contribution in [2.75, 3.05) is 5.32 Å². The molecule has 0 unspecified atom stereocenters. The fourth-order valence-corrected chi connectivity index (χ4v) is 2.49. The fraction of sp³-hybridized carbons (Fsp3) is 0.105. The lowest BCUT2D eigenvalue weighted by Gasteiger charge is -2.12. The van der Waals surface area contributed by atoms with E-state index < -0.39 is 0 Å². The van der Waals surface area contributed by atoms with E-state index in [2.05, 4.69) is 15.3 Å². The second kappa shape index (κ2) is 6.50. The van der Waals surface area contributed by atoms with Gasteiger partial charge < -0.3 is 10.3 Å². The monoisotopic (exact) mass is 319 g/mol. The average Bonchev–Trinajstić information content (AvgIpc) is 2.58. The molecule has 0 bridgehead atoms. The van der Waals surface area contributed by atoms with Crippen molar-refractivity contribution in [3.05, 3.63) is 81.9 Å². The topological polar surface area (TPSA) is 74.8 Å². The highest BCUT2D eigenvalue weighted by atomic mass is 16.2. The molecule has 24 heavy (non-hydrogen) atoms. The number of H-pyrrole nitrogens is 1.